The molecule has 1 heteroatoms. The average Bonchev–Trinajstić information content (AvgIpc) is 2.13. The Morgan fingerprint density at radius 2 is 2.22 bits per heavy atom. The highest BCUT2D eigenvalue weighted by Crippen LogP contribution is 2.20. The van der Waals surface area contributed by atoms with Gasteiger partial charge in [0.2, 0.25) is 0 Å². The molecule has 1 radical (unpaired) electrons. The monoisotopic (exact) mass is 127 g/mol. The molecule has 1 fully saturated rings. The molecule has 53 valence electrons. The van der Waals surface area contributed by atoms with E-state index in [0.29, 0.717) is 12.5 Å². The van der Waals surface area contributed by atoms with Crippen molar-refractivity contribution in [1.82, 2.24) is 0 Å². The SMILES string of the molecule is OCC1[CH]CCCCC1. The predicted molar refractivity (Wildman–Crippen MR) is 38.0 cm³/mol. The molecule has 1 atom stereocenters. The van der Waals surface area contributed by atoms with E-state index in [9.17, 15) is 0 Å². The maximum absolute atomic E-state index is 8.78. The second kappa shape index (κ2) is 3.89. The highest BCUT2D eigenvalue weighted by molar-refractivity contribution is 4.78. The summed E-state index contributed by atoms with van der Waals surface area (Å²) in [6, 6.07) is 0. The minimum absolute atomic E-state index is 0.361. The lowest BCUT2D eigenvalue weighted by Gasteiger charge is -2.07. The van der Waals surface area contributed by atoms with Crippen molar-refractivity contribution in [3.05, 3.63) is 6.42 Å². The first-order chi connectivity index (χ1) is 4.43. The number of aliphatic hydroxyl groups is 1. The van der Waals surface area contributed by atoms with Crippen LogP contribution in [0.25, 0.3) is 0 Å². The van der Waals surface area contributed by atoms with Crippen molar-refractivity contribution < 1.29 is 5.11 Å². The molecule has 0 bridgehead atoms. The van der Waals surface area contributed by atoms with Crippen molar-refractivity contribution in [2.75, 3.05) is 6.61 Å². The van der Waals surface area contributed by atoms with E-state index >= 15 is 0 Å². The van der Waals surface area contributed by atoms with Gasteiger partial charge >= 0.3 is 0 Å². The van der Waals surface area contributed by atoms with Crippen LogP contribution in [0.5, 0.6) is 0 Å². The number of aliphatic hydroxyl groups excluding tert-OH is 1. The second-order valence-electron chi connectivity index (χ2n) is 2.82. The maximum Gasteiger partial charge on any atom is 0.0462 e. The summed E-state index contributed by atoms with van der Waals surface area (Å²) >= 11 is 0. The zero-order chi connectivity index (χ0) is 6.53. The topological polar surface area (TPSA) is 20.2 Å². The lowest BCUT2D eigenvalue weighted by atomic mass is 10.0. The van der Waals surface area contributed by atoms with Gasteiger partial charge in [-0.25, -0.2) is 0 Å². The molecule has 0 aromatic heterocycles. The van der Waals surface area contributed by atoms with Crippen LogP contribution in [0.3, 0.4) is 0 Å². The molecule has 0 aromatic rings. The van der Waals surface area contributed by atoms with E-state index in [1.165, 1.54) is 32.1 Å². The summed E-state index contributed by atoms with van der Waals surface area (Å²) in [6.45, 7) is 0.361. The predicted octanol–water partition coefficient (Wildman–Crippen LogP) is 1.76. The molecule has 0 spiro atoms. The molecule has 1 unspecified atom stereocenters. The standard InChI is InChI=1S/C8H15O/c9-7-8-5-3-1-2-4-6-8/h5,8-9H,1-4,6-7H2. The van der Waals surface area contributed by atoms with Crippen LogP contribution in [-0.4, -0.2) is 11.7 Å². The molecule has 0 aliphatic heterocycles. The quantitative estimate of drug-likeness (QED) is 0.532. The maximum atomic E-state index is 8.78. The molecule has 1 aliphatic carbocycles. The summed E-state index contributed by atoms with van der Waals surface area (Å²) < 4.78 is 0. The van der Waals surface area contributed by atoms with E-state index in [0.717, 1.165) is 0 Å². The zero-order valence-corrected chi connectivity index (χ0v) is 5.84. The first-order valence-corrected chi connectivity index (χ1v) is 3.87. The molecular formula is C8H15O. The Kier molecular flexibility index (Phi) is 3.05. The Morgan fingerprint density at radius 1 is 1.33 bits per heavy atom. The van der Waals surface area contributed by atoms with E-state index < -0.39 is 0 Å². The van der Waals surface area contributed by atoms with Gasteiger partial charge < -0.3 is 5.11 Å². The molecule has 1 aliphatic rings. The van der Waals surface area contributed by atoms with Gasteiger partial charge in [-0.2, -0.15) is 0 Å². The van der Waals surface area contributed by atoms with Gasteiger partial charge in [-0.1, -0.05) is 19.3 Å². The minimum Gasteiger partial charge on any atom is -0.396 e. The molecule has 0 amide bonds. The largest absolute Gasteiger partial charge is 0.396 e. The second-order valence-corrected chi connectivity index (χ2v) is 2.82. The third-order valence-corrected chi connectivity index (χ3v) is 2.01. The summed E-state index contributed by atoms with van der Waals surface area (Å²) in [5.41, 5.74) is 0. The highest BCUT2D eigenvalue weighted by Gasteiger charge is 2.09. The normalized spacial score (nSPS) is 23.7. The molecule has 9 heavy (non-hydrogen) atoms. The molecule has 1 N–H and O–H groups in total. The first-order valence-electron chi connectivity index (χ1n) is 3.87. The van der Waals surface area contributed by atoms with Crippen LogP contribution in [0, 0.1) is 12.3 Å². The molecule has 1 rings (SSSR count). The van der Waals surface area contributed by atoms with Crippen molar-refractivity contribution in [1.29, 1.82) is 0 Å². The molecule has 1 nitrogen and oxygen atoms in total. The van der Waals surface area contributed by atoms with Gasteiger partial charge in [0.15, 0.2) is 0 Å². The van der Waals surface area contributed by atoms with Crippen LogP contribution in [0.15, 0.2) is 0 Å². The van der Waals surface area contributed by atoms with Gasteiger partial charge in [0.1, 0.15) is 0 Å². The Bertz CT molecular complexity index is 63.0. The fourth-order valence-corrected chi connectivity index (χ4v) is 1.36. The summed E-state index contributed by atoms with van der Waals surface area (Å²) in [7, 11) is 0. The Hall–Kier alpha value is -0.0400. The number of hydrogen-bond donors (Lipinski definition) is 1. The Labute approximate surface area is 57.1 Å². The van der Waals surface area contributed by atoms with Gasteiger partial charge in [-0.3, -0.25) is 0 Å². The molecule has 0 heterocycles. The minimum atomic E-state index is 0.361. The highest BCUT2D eigenvalue weighted by atomic mass is 16.3. The smallest absolute Gasteiger partial charge is 0.0462 e. The van der Waals surface area contributed by atoms with Gasteiger partial charge in [0, 0.05) is 6.61 Å². The van der Waals surface area contributed by atoms with Crippen LogP contribution in [0.2, 0.25) is 0 Å². The summed E-state index contributed by atoms with van der Waals surface area (Å²) in [6.07, 6.45) is 8.68. The van der Waals surface area contributed by atoms with Gasteiger partial charge in [0.05, 0.1) is 0 Å². The van der Waals surface area contributed by atoms with Crippen molar-refractivity contribution in [2.24, 2.45) is 5.92 Å². The van der Waals surface area contributed by atoms with Crippen LogP contribution < -0.4 is 0 Å². The molecule has 1 saturated carbocycles. The van der Waals surface area contributed by atoms with Gasteiger partial charge in [-0.05, 0) is 25.2 Å². The lowest BCUT2D eigenvalue weighted by molar-refractivity contribution is 0.236. The molecule has 0 aromatic carbocycles. The summed E-state index contributed by atoms with van der Waals surface area (Å²) in [4.78, 5) is 0. The Balaban J connectivity index is 2.18. The molecule has 0 saturated heterocycles. The van der Waals surface area contributed by atoms with E-state index in [1.54, 1.807) is 0 Å². The third-order valence-electron chi connectivity index (χ3n) is 2.01. The van der Waals surface area contributed by atoms with E-state index in [-0.39, 0.29) is 0 Å². The average molecular weight is 127 g/mol. The number of rotatable bonds is 1. The van der Waals surface area contributed by atoms with Gasteiger partial charge in [-0.15, -0.1) is 0 Å². The summed E-state index contributed by atoms with van der Waals surface area (Å²) in [5.74, 6) is 0.507. The fourth-order valence-electron chi connectivity index (χ4n) is 1.36. The third kappa shape index (κ3) is 2.35. The van der Waals surface area contributed by atoms with Crippen molar-refractivity contribution in [2.45, 2.75) is 32.1 Å². The van der Waals surface area contributed by atoms with Gasteiger partial charge in [0.25, 0.3) is 0 Å². The first kappa shape index (κ1) is 7.07. The van der Waals surface area contributed by atoms with Crippen molar-refractivity contribution >= 4 is 0 Å². The van der Waals surface area contributed by atoms with E-state index in [4.69, 9.17) is 5.11 Å². The number of hydrogen-bond acceptors (Lipinski definition) is 1. The van der Waals surface area contributed by atoms with Crippen LogP contribution in [0.1, 0.15) is 32.1 Å². The van der Waals surface area contributed by atoms with Crippen LogP contribution in [-0.2, 0) is 0 Å². The van der Waals surface area contributed by atoms with Crippen LogP contribution in [0.4, 0.5) is 0 Å². The molecular weight excluding hydrogens is 112 g/mol. The lowest BCUT2D eigenvalue weighted by Crippen LogP contribution is -2.03. The van der Waals surface area contributed by atoms with E-state index in [1.807, 2.05) is 0 Å². The van der Waals surface area contributed by atoms with Crippen LogP contribution >= 0.6 is 0 Å². The van der Waals surface area contributed by atoms with Crippen molar-refractivity contribution in [3.8, 4) is 0 Å². The summed E-state index contributed by atoms with van der Waals surface area (Å²) in [5, 5.41) is 8.78. The zero-order valence-electron chi connectivity index (χ0n) is 5.84. The van der Waals surface area contributed by atoms with E-state index in [2.05, 4.69) is 6.42 Å². The Morgan fingerprint density at radius 3 is 3.00 bits per heavy atom. The van der Waals surface area contributed by atoms with Crippen molar-refractivity contribution in [3.63, 3.8) is 0 Å². The fraction of sp³-hybridized carbons (Fsp3) is 0.875.